The third kappa shape index (κ3) is 4.50. The van der Waals surface area contributed by atoms with Crippen molar-refractivity contribution in [3.05, 3.63) is 38.8 Å². The van der Waals surface area contributed by atoms with E-state index in [0.29, 0.717) is 9.23 Å². The second-order valence-electron chi connectivity index (χ2n) is 6.53. The molecular formula is C17H18N2O4S4. The molecule has 1 N–H and O–H groups in total. The Morgan fingerprint density at radius 2 is 2.19 bits per heavy atom. The third-order valence-corrected chi connectivity index (χ3v) is 7.62. The smallest absolute Gasteiger partial charge is 0.266 e. The molecule has 1 aromatic heterocycles. The first-order valence-corrected chi connectivity index (χ1v) is 12.0. The predicted molar refractivity (Wildman–Crippen MR) is 113 cm³/mol. The molecule has 2 atom stereocenters. The fourth-order valence-corrected chi connectivity index (χ4v) is 6.16. The zero-order valence-corrected chi connectivity index (χ0v) is 17.9. The van der Waals surface area contributed by atoms with E-state index in [1.54, 1.807) is 6.08 Å². The largest absolute Gasteiger partial charge is 0.347 e. The van der Waals surface area contributed by atoms with Gasteiger partial charge < -0.3 is 5.32 Å². The van der Waals surface area contributed by atoms with E-state index >= 15 is 0 Å². The molecule has 0 radical (unpaired) electrons. The lowest BCUT2D eigenvalue weighted by Crippen LogP contribution is -2.53. The zero-order valence-electron chi connectivity index (χ0n) is 14.6. The van der Waals surface area contributed by atoms with Crippen LogP contribution in [0.25, 0.3) is 6.08 Å². The number of hydrogen-bond donors (Lipinski definition) is 1. The maximum Gasteiger partial charge on any atom is 0.266 e. The van der Waals surface area contributed by atoms with Crippen LogP contribution >= 0.6 is 35.3 Å². The first-order chi connectivity index (χ1) is 12.7. The molecule has 0 bridgehead atoms. The highest BCUT2D eigenvalue weighted by atomic mass is 32.2. The summed E-state index contributed by atoms with van der Waals surface area (Å²) < 4.78 is 23.4. The average Bonchev–Trinajstić information content (AvgIpc) is 3.25. The van der Waals surface area contributed by atoms with Crippen molar-refractivity contribution in [1.29, 1.82) is 0 Å². The van der Waals surface area contributed by atoms with Gasteiger partial charge in [-0.15, -0.1) is 11.3 Å². The Kier molecular flexibility index (Phi) is 5.90. The van der Waals surface area contributed by atoms with Crippen molar-refractivity contribution in [2.24, 2.45) is 5.92 Å². The lowest BCUT2D eigenvalue weighted by Gasteiger charge is -2.29. The van der Waals surface area contributed by atoms with E-state index < -0.39 is 27.8 Å². The molecule has 144 valence electrons. The van der Waals surface area contributed by atoms with Crippen molar-refractivity contribution in [3.63, 3.8) is 0 Å². The minimum Gasteiger partial charge on any atom is -0.347 e. The summed E-state index contributed by atoms with van der Waals surface area (Å²) >= 11 is 8.05. The minimum atomic E-state index is -3.28. The highest BCUT2D eigenvalue weighted by Crippen LogP contribution is 2.36. The highest BCUT2D eigenvalue weighted by Gasteiger charge is 2.42. The minimum absolute atomic E-state index is 0.166. The molecule has 0 saturated carbocycles. The van der Waals surface area contributed by atoms with Gasteiger partial charge in [-0.05, 0) is 29.5 Å². The quantitative estimate of drug-likeness (QED) is 0.557. The van der Waals surface area contributed by atoms with E-state index in [-0.39, 0.29) is 17.6 Å². The first kappa shape index (κ1) is 20.2. The Hall–Kier alpha value is -1.49. The van der Waals surface area contributed by atoms with Crippen LogP contribution in [0, 0.1) is 5.92 Å². The Labute approximate surface area is 171 Å². The number of rotatable bonds is 5. The second-order valence-corrected chi connectivity index (χ2v) is 11.1. The number of nitrogens with one attached hydrogen (secondary N) is 1. The van der Waals surface area contributed by atoms with Crippen LogP contribution in [0.5, 0.6) is 0 Å². The number of nitrogens with zero attached hydrogens (tertiary/aromatic N) is 1. The molecule has 2 unspecified atom stereocenters. The molecule has 0 spiro atoms. The van der Waals surface area contributed by atoms with Crippen LogP contribution in [0.15, 0.2) is 33.9 Å². The lowest BCUT2D eigenvalue weighted by molar-refractivity contribution is -0.134. The summed E-state index contributed by atoms with van der Waals surface area (Å²) in [4.78, 5) is 28.5. The number of thiocarbonyl (C=S) groups is 1. The van der Waals surface area contributed by atoms with Crippen molar-refractivity contribution in [1.82, 2.24) is 10.2 Å². The van der Waals surface area contributed by atoms with E-state index in [2.05, 4.69) is 5.32 Å². The molecule has 1 fully saturated rings. The molecular weight excluding hydrogens is 424 g/mol. The second kappa shape index (κ2) is 7.86. The van der Waals surface area contributed by atoms with Gasteiger partial charge >= 0.3 is 0 Å². The average molecular weight is 443 g/mol. The van der Waals surface area contributed by atoms with Gasteiger partial charge in [-0.1, -0.05) is 43.9 Å². The Bertz CT molecular complexity index is 932. The molecule has 2 aliphatic heterocycles. The summed E-state index contributed by atoms with van der Waals surface area (Å²) in [6.45, 7) is 3.65. The van der Waals surface area contributed by atoms with Gasteiger partial charge in [0.05, 0.1) is 16.7 Å². The number of thioether (sulfide) groups is 1. The van der Waals surface area contributed by atoms with Gasteiger partial charge in [0.1, 0.15) is 10.4 Å². The monoisotopic (exact) mass is 442 g/mol. The van der Waals surface area contributed by atoms with Gasteiger partial charge in [0.25, 0.3) is 5.91 Å². The zero-order chi connectivity index (χ0) is 19.8. The summed E-state index contributed by atoms with van der Waals surface area (Å²) in [6.07, 6.45) is 3.22. The van der Waals surface area contributed by atoms with Crippen molar-refractivity contribution in [2.75, 3.05) is 5.75 Å². The van der Waals surface area contributed by atoms with Crippen LogP contribution in [0.3, 0.4) is 0 Å². The number of hydrogen-bond acceptors (Lipinski definition) is 7. The topological polar surface area (TPSA) is 83.6 Å². The number of sulfone groups is 1. The van der Waals surface area contributed by atoms with Crippen molar-refractivity contribution >= 4 is 67.4 Å². The van der Waals surface area contributed by atoms with Crippen molar-refractivity contribution in [3.8, 4) is 0 Å². The van der Waals surface area contributed by atoms with Crippen LogP contribution in [0.1, 0.15) is 18.7 Å². The van der Waals surface area contributed by atoms with Gasteiger partial charge in [0, 0.05) is 10.3 Å². The van der Waals surface area contributed by atoms with E-state index in [0.717, 1.165) is 10.3 Å². The molecule has 0 aromatic carbocycles. The Balaban J connectivity index is 1.80. The summed E-state index contributed by atoms with van der Waals surface area (Å²) in [6, 6.07) is 2.40. The standard InChI is InChI=1S/C17H18N2O4S4/c1-10(2)14(15(20)18-11-5-7-27(22,23)9-11)19-16(21)13(26-17(19)24)8-12-4-3-6-25-12/h3-8,10-11,14H,9H2,1-2H3,(H,18,20). The number of carbonyl (C=O) groups excluding carboxylic acids is 2. The van der Waals surface area contributed by atoms with Gasteiger partial charge in [-0.2, -0.15) is 0 Å². The molecule has 6 nitrogen and oxygen atoms in total. The molecule has 3 heterocycles. The van der Waals surface area contributed by atoms with Gasteiger partial charge in [-0.3, -0.25) is 14.5 Å². The van der Waals surface area contributed by atoms with Crippen LogP contribution in [0.4, 0.5) is 0 Å². The molecule has 1 saturated heterocycles. The summed E-state index contributed by atoms with van der Waals surface area (Å²) in [5, 5.41) is 5.73. The van der Waals surface area contributed by atoms with Crippen LogP contribution in [-0.2, 0) is 19.4 Å². The van der Waals surface area contributed by atoms with E-state index in [4.69, 9.17) is 12.2 Å². The molecule has 1 aromatic rings. The fraction of sp³-hybridized carbons (Fsp3) is 0.353. The van der Waals surface area contributed by atoms with Gasteiger partial charge in [0.2, 0.25) is 5.91 Å². The molecule has 3 rings (SSSR count). The first-order valence-electron chi connectivity index (χ1n) is 8.20. The molecule has 2 aliphatic rings. The van der Waals surface area contributed by atoms with Crippen LogP contribution in [0.2, 0.25) is 0 Å². The van der Waals surface area contributed by atoms with Gasteiger partial charge in [-0.25, -0.2) is 8.42 Å². The van der Waals surface area contributed by atoms with E-state index in [1.165, 1.54) is 34.1 Å². The van der Waals surface area contributed by atoms with Gasteiger partial charge in [0.15, 0.2) is 9.84 Å². The third-order valence-electron chi connectivity index (χ3n) is 4.08. The number of amides is 2. The predicted octanol–water partition coefficient (Wildman–Crippen LogP) is 2.40. The lowest BCUT2D eigenvalue weighted by atomic mass is 10.0. The SMILES string of the molecule is CC(C)C(C(=O)NC1C=CS(=O)(=O)C1)N1C(=O)C(=Cc2cccs2)SC1=S. The summed E-state index contributed by atoms with van der Waals surface area (Å²) in [7, 11) is -3.28. The van der Waals surface area contributed by atoms with Crippen molar-refractivity contribution < 1.29 is 18.0 Å². The van der Waals surface area contributed by atoms with Crippen LogP contribution < -0.4 is 5.32 Å². The summed E-state index contributed by atoms with van der Waals surface area (Å²) in [5.74, 6) is -1.08. The molecule has 27 heavy (non-hydrogen) atoms. The normalized spacial score (nSPS) is 24.2. The number of thiophene rings is 1. The molecule has 0 aliphatic carbocycles. The van der Waals surface area contributed by atoms with Crippen LogP contribution in [-0.4, -0.2) is 47.3 Å². The number of carbonyl (C=O) groups is 2. The maximum atomic E-state index is 12.9. The summed E-state index contributed by atoms with van der Waals surface area (Å²) in [5.41, 5.74) is 0. The van der Waals surface area contributed by atoms with Crippen molar-refractivity contribution in [2.45, 2.75) is 25.9 Å². The molecule has 2 amide bonds. The maximum absolute atomic E-state index is 12.9. The van der Waals surface area contributed by atoms with E-state index in [9.17, 15) is 18.0 Å². The Morgan fingerprint density at radius 3 is 2.74 bits per heavy atom. The Morgan fingerprint density at radius 1 is 1.44 bits per heavy atom. The highest BCUT2D eigenvalue weighted by molar-refractivity contribution is 8.26. The molecule has 10 heteroatoms. The fourth-order valence-electron chi connectivity index (χ4n) is 2.87. The van der Waals surface area contributed by atoms with E-state index in [1.807, 2.05) is 31.4 Å².